The minimum atomic E-state index is -1.33. The van der Waals surface area contributed by atoms with Gasteiger partial charge in [0.1, 0.15) is 23.4 Å². The molecule has 0 aliphatic carbocycles. The summed E-state index contributed by atoms with van der Waals surface area (Å²) in [4.78, 5) is 39.5. The van der Waals surface area contributed by atoms with E-state index >= 15 is 0 Å². The molecule has 0 radical (unpaired) electrons. The number of para-hydroxylation sites is 1. The predicted molar refractivity (Wildman–Crippen MR) is 122 cm³/mol. The van der Waals surface area contributed by atoms with Crippen molar-refractivity contribution >= 4 is 28.8 Å². The van der Waals surface area contributed by atoms with E-state index in [0.717, 1.165) is 22.3 Å². The summed E-state index contributed by atoms with van der Waals surface area (Å²) in [6.07, 6.45) is 0.756. The second-order valence-corrected chi connectivity index (χ2v) is 8.63. The minimum Gasteiger partial charge on any atom is -0.490 e. The monoisotopic (exact) mass is 463 g/mol. The molecule has 0 bridgehead atoms. The Kier molecular flexibility index (Phi) is 5.39. The van der Waals surface area contributed by atoms with Gasteiger partial charge in [-0.2, -0.15) is 0 Å². The molecule has 0 saturated carbocycles. The highest BCUT2D eigenvalue weighted by Crippen LogP contribution is 2.36. The molecule has 2 atom stereocenters. The Morgan fingerprint density at radius 1 is 1.12 bits per heavy atom. The quantitative estimate of drug-likeness (QED) is 0.562. The third kappa shape index (κ3) is 3.83. The zero-order chi connectivity index (χ0) is 23.9. The summed E-state index contributed by atoms with van der Waals surface area (Å²) in [6, 6.07) is 13.5. The number of benzene rings is 2. The lowest BCUT2D eigenvalue weighted by molar-refractivity contribution is -0.135. The second-order valence-electron chi connectivity index (χ2n) is 8.63. The number of amides is 4. The van der Waals surface area contributed by atoms with Gasteiger partial charge < -0.3 is 24.5 Å². The molecule has 1 aromatic heterocycles. The van der Waals surface area contributed by atoms with Crippen LogP contribution in [0.1, 0.15) is 37.6 Å². The molecule has 1 saturated heterocycles. The normalized spacial score (nSPS) is 20.7. The zero-order valence-electron chi connectivity index (χ0n) is 18.9. The molecular weight excluding hydrogens is 438 g/mol. The number of nitrogens with one attached hydrogen (secondary N) is 2. The summed E-state index contributed by atoms with van der Waals surface area (Å²) in [5.41, 5.74) is -0.0564. The summed E-state index contributed by atoms with van der Waals surface area (Å²) in [5, 5.41) is 6.45. The van der Waals surface area contributed by atoms with Gasteiger partial charge in [-0.25, -0.2) is 4.79 Å². The summed E-state index contributed by atoms with van der Waals surface area (Å²) in [5.74, 6) is 0.716. The maximum atomic E-state index is 13.3. The molecule has 2 aliphatic rings. The highest BCUT2D eigenvalue weighted by Gasteiger charge is 2.49. The van der Waals surface area contributed by atoms with E-state index in [9.17, 15) is 14.4 Å². The summed E-state index contributed by atoms with van der Waals surface area (Å²) in [6.45, 7) is 4.04. The molecule has 9 nitrogen and oxygen atoms in total. The molecule has 176 valence electrons. The lowest BCUT2D eigenvalue weighted by Crippen LogP contribution is -2.43. The average Bonchev–Trinajstić information content (AvgIpc) is 3.23. The van der Waals surface area contributed by atoms with Crippen LogP contribution in [-0.4, -0.2) is 42.5 Å². The summed E-state index contributed by atoms with van der Waals surface area (Å²) in [7, 11) is 0. The van der Waals surface area contributed by atoms with E-state index in [0.29, 0.717) is 36.0 Å². The first kappa shape index (κ1) is 21.8. The number of rotatable bonds is 5. The number of furan rings is 1. The van der Waals surface area contributed by atoms with Crippen molar-refractivity contribution in [2.75, 3.05) is 19.8 Å². The number of carbonyl (C=O) groups excluding carboxylic acids is 3. The fraction of sp³-hybridized carbons (Fsp3) is 0.320. The summed E-state index contributed by atoms with van der Waals surface area (Å²) < 4.78 is 17.2. The third-order valence-electron chi connectivity index (χ3n) is 6.15. The van der Waals surface area contributed by atoms with Crippen LogP contribution in [0.2, 0.25) is 0 Å². The molecule has 1 fully saturated rings. The van der Waals surface area contributed by atoms with Crippen LogP contribution < -0.4 is 20.1 Å². The molecule has 2 aromatic carbocycles. The van der Waals surface area contributed by atoms with Crippen LogP contribution in [0.3, 0.4) is 0 Å². The summed E-state index contributed by atoms with van der Waals surface area (Å²) >= 11 is 0. The molecule has 9 heteroatoms. The van der Waals surface area contributed by atoms with Gasteiger partial charge in [0.25, 0.3) is 5.91 Å². The van der Waals surface area contributed by atoms with Gasteiger partial charge in [-0.05, 0) is 43.7 Å². The van der Waals surface area contributed by atoms with Gasteiger partial charge in [-0.3, -0.25) is 14.5 Å². The van der Waals surface area contributed by atoms with Gasteiger partial charge in [0.05, 0.1) is 19.3 Å². The van der Waals surface area contributed by atoms with Gasteiger partial charge in [0, 0.05) is 11.8 Å². The van der Waals surface area contributed by atoms with Crippen LogP contribution in [0.15, 0.2) is 52.9 Å². The van der Waals surface area contributed by atoms with Crippen LogP contribution in [0.25, 0.3) is 11.0 Å². The largest absolute Gasteiger partial charge is 0.490 e. The Labute approximate surface area is 196 Å². The standard InChI is InChI=1S/C25H25N3O6/c1-15(20-12-16-6-3-4-7-18(16)34-20)26-22(29)14-28-23(30)25(2,27-24(28)31)17-8-9-19-21(13-17)33-11-5-10-32-19/h3-4,6-9,12-13,15H,5,10-11,14H2,1-2H3,(H,26,29)(H,27,31)/t15-,25-/m0/s1. The molecule has 3 aromatic rings. The van der Waals surface area contributed by atoms with E-state index in [4.69, 9.17) is 13.9 Å². The lowest BCUT2D eigenvalue weighted by atomic mass is 9.91. The van der Waals surface area contributed by atoms with E-state index in [2.05, 4.69) is 10.6 Å². The Morgan fingerprint density at radius 2 is 1.88 bits per heavy atom. The zero-order valence-corrected chi connectivity index (χ0v) is 18.9. The van der Waals surface area contributed by atoms with E-state index in [1.165, 1.54) is 0 Å². The highest BCUT2D eigenvalue weighted by molar-refractivity contribution is 6.09. The van der Waals surface area contributed by atoms with Crippen molar-refractivity contribution in [3.05, 3.63) is 59.9 Å². The molecule has 4 amide bonds. The number of ether oxygens (including phenoxy) is 2. The topological polar surface area (TPSA) is 110 Å². The van der Waals surface area contributed by atoms with E-state index in [1.807, 2.05) is 30.3 Å². The smallest absolute Gasteiger partial charge is 0.325 e. The van der Waals surface area contributed by atoms with Crippen molar-refractivity contribution in [3.63, 3.8) is 0 Å². The number of urea groups is 1. The van der Waals surface area contributed by atoms with Crippen molar-refractivity contribution in [1.82, 2.24) is 15.5 Å². The first-order valence-corrected chi connectivity index (χ1v) is 11.2. The number of nitrogens with zero attached hydrogens (tertiary/aromatic N) is 1. The first-order valence-electron chi connectivity index (χ1n) is 11.2. The average molecular weight is 463 g/mol. The van der Waals surface area contributed by atoms with Crippen molar-refractivity contribution in [1.29, 1.82) is 0 Å². The molecule has 5 rings (SSSR count). The van der Waals surface area contributed by atoms with Crippen LogP contribution >= 0.6 is 0 Å². The van der Waals surface area contributed by atoms with Crippen molar-refractivity contribution in [3.8, 4) is 11.5 Å². The highest BCUT2D eigenvalue weighted by atomic mass is 16.5. The molecule has 3 heterocycles. The van der Waals surface area contributed by atoms with Gasteiger partial charge >= 0.3 is 6.03 Å². The molecule has 34 heavy (non-hydrogen) atoms. The minimum absolute atomic E-state index is 0.407. The third-order valence-corrected chi connectivity index (χ3v) is 6.15. The SMILES string of the molecule is C[C@H](NC(=O)CN1C(=O)N[C@@](C)(c2ccc3c(c2)OCCCO3)C1=O)c1cc2ccccc2o1. The van der Waals surface area contributed by atoms with E-state index in [1.54, 1.807) is 32.0 Å². The fourth-order valence-corrected chi connectivity index (χ4v) is 4.23. The maximum absolute atomic E-state index is 13.3. The molecule has 0 unspecified atom stereocenters. The van der Waals surface area contributed by atoms with Crippen molar-refractivity contribution in [2.45, 2.75) is 31.8 Å². The van der Waals surface area contributed by atoms with Crippen LogP contribution in [0, 0.1) is 0 Å². The van der Waals surface area contributed by atoms with Crippen LogP contribution in [-0.2, 0) is 15.1 Å². The Balaban J connectivity index is 1.29. The number of hydrogen-bond donors (Lipinski definition) is 2. The Hall–Kier alpha value is -4.01. The van der Waals surface area contributed by atoms with Crippen LogP contribution in [0.5, 0.6) is 11.5 Å². The molecule has 2 aliphatic heterocycles. The van der Waals surface area contributed by atoms with Gasteiger partial charge in [0.2, 0.25) is 5.91 Å². The molecule has 2 N–H and O–H groups in total. The maximum Gasteiger partial charge on any atom is 0.325 e. The van der Waals surface area contributed by atoms with Crippen molar-refractivity contribution in [2.24, 2.45) is 0 Å². The number of carbonyl (C=O) groups is 3. The van der Waals surface area contributed by atoms with E-state index < -0.39 is 36.0 Å². The van der Waals surface area contributed by atoms with E-state index in [-0.39, 0.29) is 0 Å². The Bertz CT molecular complexity index is 1250. The number of hydrogen-bond acceptors (Lipinski definition) is 6. The van der Waals surface area contributed by atoms with Gasteiger partial charge in [-0.1, -0.05) is 24.3 Å². The fourth-order valence-electron chi connectivity index (χ4n) is 4.23. The second kappa shape index (κ2) is 8.40. The first-order chi connectivity index (χ1) is 16.3. The van der Waals surface area contributed by atoms with Crippen molar-refractivity contribution < 1.29 is 28.3 Å². The predicted octanol–water partition coefficient (Wildman–Crippen LogP) is 3.24. The number of fused-ring (bicyclic) bond motifs is 2. The van der Waals surface area contributed by atoms with Gasteiger partial charge in [0.15, 0.2) is 11.5 Å². The lowest BCUT2D eigenvalue weighted by Gasteiger charge is -2.23. The van der Waals surface area contributed by atoms with Gasteiger partial charge in [-0.15, -0.1) is 0 Å². The molecule has 0 spiro atoms. The van der Waals surface area contributed by atoms with Crippen LogP contribution in [0.4, 0.5) is 4.79 Å². The number of imide groups is 1. The molecular formula is C25H25N3O6. The Morgan fingerprint density at radius 3 is 2.68 bits per heavy atom.